The second-order valence-electron chi connectivity index (χ2n) is 4.50. The molecule has 18 heavy (non-hydrogen) atoms. The van der Waals surface area contributed by atoms with Gasteiger partial charge in [-0.25, -0.2) is 8.42 Å². The van der Waals surface area contributed by atoms with E-state index in [9.17, 15) is 8.42 Å². The van der Waals surface area contributed by atoms with Crippen LogP contribution < -0.4 is 5.32 Å². The monoisotopic (exact) mass is 263 g/mol. The Bertz CT molecular complexity index is 685. The first-order valence-corrected chi connectivity index (χ1v) is 7.62. The lowest BCUT2D eigenvalue weighted by Gasteiger charge is -2.12. The van der Waals surface area contributed by atoms with E-state index in [2.05, 4.69) is 15.3 Å². The molecule has 0 saturated carbocycles. The molecule has 1 N–H and O–H groups in total. The molecule has 1 aliphatic heterocycles. The summed E-state index contributed by atoms with van der Waals surface area (Å²) in [5, 5.41) is 3.24. The summed E-state index contributed by atoms with van der Waals surface area (Å²) < 4.78 is 22.8. The Morgan fingerprint density at radius 1 is 1.17 bits per heavy atom. The van der Waals surface area contributed by atoms with Crippen molar-refractivity contribution in [3.05, 3.63) is 30.6 Å². The molecule has 0 bridgehead atoms. The number of aromatic nitrogens is 2. The molecule has 1 aliphatic rings. The second kappa shape index (κ2) is 4.20. The van der Waals surface area contributed by atoms with Crippen molar-refractivity contribution in [2.24, 2.45) is 0 Å². The van der Waals surface area contributed by atoms with Crippen molar-refractivity contribution >= 4 is 26.6 Å². The normalized spacial score (nSPS) is 22.1. The van der Waals surface area contributed by atoms with E-state index in [0.717, 1.165) is 16.7 Å². The van der Waals surface area contributed by atoms with Crippen molar-refractivity contribution in [1.82, 2.24) is 9.97 Å². The average molecular weight is 263 g/mol. The van der Waals surface area contributed by atoms with E-state index < -0.39 is 9.84 Å². The predicted molar refractivity (Wildman–Crippen MR) is 70.2 cm³/mol. The van der Waals surface area contributed by atoms with Crippen LogP contribution in [-0.2, 0) is 9.84 Å². The maximum Gasteiger partial charge on any atom is 0.152 e. The molecular weight excluding hydrogens is 250 g/mol. The Labute approximate surface area is 105 Å². The summed E-state index contributed by atoms with van der Waals surface area (Å²) in [6.45, 7) is 0. The minimum atomic E-state index is -2.85. The molecule has 0 radical (unpaired) electrons. The number of anilines is 1. The highest BCUT2D eigenvalue weighted by Gasteiger charge is 2.27. The van der Waals surface area contributed by atoms with Crippen LogP contribution in [0.15, 0.2) is 30.6 Å². The largest absolute Gasteiger partial charge is 0.381 e. The SMILES string of the molecule is O=S1(=O)CCC(Nc2ccc3nccnc3c2)C1. The highest BCUT2D eigenvalue weighted by atomic mass is 32.2. The number of hydrogen-bond donors (Lipinski definition) is 1. The molecule has 0 aliphatic carbocycles. The van der Waals surface area contributed by atoms with Crippen molar-refractivity contribution in [3.63, 3.8) is 0 Å². The molecule has 2 heterocycles. The molecule has 1 aromatic carbocycles. The standard InChI is InChI=1S/C12H13N3O2S/c16-18(17)6-3-10(8-18)15-9-1-2-11-12(7-9)14-5-4-13-11/h1-2,4-5,7,10,15H,3,6,8H2. The van der Waals surface area contributed by atoms with Crippen molar-refractivity contribution in [3.8, 4) is 0 Å². The van der Waals surface area contributed by atoms with Gasteiger partial charge in [0.1, 0.15) is 0 Å². The maximum atomic E-state index is 11.4. The third kappa shape index (κ3) is 2.28. The van der Waals surface area contributed by atoms with Gasteiger partial charge in [-0.15, -0.1) is 0 Å². The molecule has 2 aromatic rings. The molecule has 1 fully saturated rings. The lowest BCUT2D eigenvalue weighted by atomic mass is 10.2. The number of nitrogens with zero attached hydrogens (tertiary/aromatic N) is 2. The number of sulfone groups is 1. The molecule has 0 amide bonds. The summed E-state index contributed by atoms with van der Waals surface area (Å²) >= 11 is 0. The van der Waals surface area contributed by atoms with Gasteiger partial charge in [-0.2, -0.15) is 0 Å². The molecular formula is C12H13N3O2S. The van der Waals surface area contributed by atoms with E-state index in [4.69, 9.17) is 0 Å². The Balaban J connectivity index is 1.83. The van der Waals surface area contributed by atoms with Crippen LogP contribution in [0.5, 0.6) is 0 Å². The molecule has 0 spiro atoms. The molecule has 3 rings (SSSR count). The maximum absolute atomic E-state index is 11.4. The zero-order valence-electron chi connectivity index (χ0n) is 9.70. The van der Waals surface area contributed by atoms with Crippen molar-refractivity contribution in [2.45, 2.75) is 12.5 Å². The van der Waals surface area contributed by atoms with Crippen LogP contribution >= 0.6 is 0 Å². The van der Waals surface area contributed by atoms with Crippen LogP contribution in [-0.4, -0.2) is 35.9 Å². The van der Waals surface area contributed by atoms with E-state index in [1.807, 2.05) is 18.2 Å². The minimum Gasteiger partial charge on any atom is -0.381 e. The molecule has 1 aromatic heterocycles. The van der Waals surface area contributed by atoms with Gasteiger partial charge in [0, 0.05) is 24.1 Å². The average Bonchev–Trinajstić information content (AvgIpc) is 2.68. The summed E-state index contributed by atoms with van der Waals surface area (Å²) in [6, 6.07) is 5.69. The van der Waals surface area contributed by atoms with E-state index in [0.29, 0.717) is 6.42 Å². The van der Waals surface area contributed by atoms with Gasteiger partial charge in [-0.05, 0) is 24.6 Å². The van der Waals surface area contributed by atoms with Gasteiger partial charge in [0.05, 0.1) is 22.5 Å². The molecule has 5 nitrogen and oxygen atoms in total. The van der Waals surface area contributed by atoms with Crippen molar-refractivity contribution in [2.75, 3.05) is 16.8 Å². The van der Waals surface area contributed by atoms with Gasteiger partial charge in [0.2, 0.25) is 0 Å². The quantitative estimate of drug-likeness (QED) is 0.882. The Kier molecular flexibility index (Phi) is 2.66. The van der Waals surface area contributed by atoms with Gasteiger partial charge in [0.25, 0.3) is 0 Å². The van der Waals surface area contributed by atoms with Gasteiger partial charge < -0.3 is 5.32 Å². The Morgan fingerprint density at radius 2 is 1.94 bits per heavy atom. The number of fused-ring (bicyclic) bond motifs is 1. The number of benzene rings is 1. The molecule has 94 valence electrons. The minimum absolute atomic E-state index is 0.00382. The molecule has 1 unspecified atom stereocenters. The lowest BCUT2D eigenvalue weighted by molar-refractivity contribution is 0.602. The van der Waals surface area contributed by atoms with Crippen LogP contribution in [0.3, 0.4) is 0 Å². The summed E-state index contributed by atoms with van der Waals surface area (Å²) in [5.41, 5.74) is 2.54. The first-order chi connectivity index (χ1) is 8.62. The van der Waals surface area contributed by atoms with Gasteiger partial charge >= 0.3 is 0 Å². The van der Waals surface area contributed by atoms with E-state index in [1.54, 1.807) is 12.4 Å². The van der Waals surface area contributed by atoms with Crippen LogP contribution in [0.2, 0.25) is 0 Å². The van der Waals surface area contributed by atoms with Crippen LogP contribution in [0.25, 0.3) is 11.0 Å². The third-order valence-electron chi connectivity index (χ3n) is 3.07. The molecule has 6 heteroatoms. The number of rotatable bonds is 2. The molecule has 1 saturated heterocycles. The predicted octanol–water partition coefficient (Wildman–Crippen LogP) is 1.23. The first-order valence-electron chi connectivity index (χ1n) is 5.80. The van der Waals surface area contributed by atoms with Gasteiger partial charge in [0.15, 0.2) is 9.84 Å². The third-order valence-corrected chi connectivity index (χ3v) is 4.84. The molecule has 1 atom stereocenters. The topological polar surface area (TPSA) is 72.0 Å². The fourth-order valence-corrected chi connectivity index (χ4v) is 3.87. The van der Waals surface area contributed by atoms with Crippen molar-refractivity contribution in [1.29, 1.82) is 0 Å². The summed E-state index contributed by atoms with van der Waals surface area (Å²) in [7, 11) is -2.85. The smallest absolute Gasteiger partial charge is 0.152 e. The fraction of sp³-hybridized carbons (Fsp3) is 0.333. The fourth-order valence-electron chi connectivity index (χ4n) is 2.20. The van der Waals surface area contributed by atoms with Gasteiger partial charge in [-0.1, -0.05) is 0 Å². The lowest BCUT2D eigenvalue weighted by Crippen LogP contribution is -2.20. The van der Waals surface area contributed by atoms with Crippen LogP contribution in [0.4, 0.5) is 5.69 Å². The zero-order chi connectivity index (χ0) is 12.6. The highest BCUT2D eigenvalue weighted by molar-refractivity contribution is 7.91. The summed E-state index contributed by atoms with van der Waals surface area (Å²) in [5.74, 6) is 0.490. The van der Waals surface area contributed by atoms with Gasteiger partial charge in [-0.3, -0.25) is 9.97 Å². The van der Waals surface area contributed by atoms with E-state index >= 15 is 0 Å². The van der Waals surface area contributed by atoms with E-state index in [1.165, 1.54) is 0 Å². The van der Waals surface area contributed by atoms with Crippen molar-refractivity contribution < 1.29 is 8.42 Å². The summed E-state index contributed by atoms with van der Waals surface area (Å²) in [4.78, 5) is 8.42. The summed E-state index contributed by atoms with van der Waals surface area (Å²) in [6.07, 6.45) is 3.96. The van der Waals surface area contributed by atoms with E-state index in [-0.39, 0.29) is 17.5 Å². The zero-order valence-corrected chi connectivity index (χ0v) is 10.5. The first kappa shape index (κ1) is 11.4. The van der Waals surface area contributed by atoms with Crippen LogP contribution in [0.1, 0.15) is 6.42 Å². The Morgan fingerprint density at radius 3 is 2.67 bits per heavy atom. The second-order valence-corrected chi connectivity index (χ2v) is 6.73. The number of hydrogen-bond acceptors (Lipinski definition) is 5. The Hall–Kier alpha value is -1.69. The highest BCUT2D eigenvalue weighted by Crippen LogP contribution is 2.20. The number of nitrogens with one attached hydrogen (secondary N) is 1. The van der Waals surface area contributed by atoms with Crippen LogP contribution in [0, 0.1) is 0 Å².